The number of nitrogens with one attached hydrogen (secondary N) is 1. The summed E-state index contributed by atoms with van der Waals surface area (Å²) in [4.78, 5) is 6.00. The van der Waals surface area contributed by atoms with Gasteiger partial charge in [0.1, 0.15) is 0 Å². The molecule has 0 aromatic carbocycles. The predicted molar refractivity (Wildman–Crippen MR) is 88.4 cm³/mol. The minimum absolute atomic E-state index is 0.473. The van der Waals surface area contributed by atoms with Crippen LogP contribution in [0.2, 0.25) is 0 Å². The molecular formula is C14H19BrN2S2. The number of aromatic nitrogens is 1. The van der Waals surface area contributed by atoms with Gasteiger partial charge in [-0.3, -0.25) is 0 Å². The van der Waals surface area contributed by atoms with Gasteiger partial charge >= 0.3 is 0 Å². The summed E-state index contributed by atoms with van der Waals surface area (Å²) >= 11 is 7.21. The first kappa shape index (κ1) is 15.2. The van der Waals surface area contributed by atoms with E-state index in [-0.39, 0.29) is 0 Å². The second kappa shape index (κ2) is 7.53. The van der Waals surface area contributed by atoms with E-state index in [0.29, 0.717) is 6.04 Å². The van der Waals surface area contributed by atoms with E-state index in [4.69, 9.17) is 0 Å². The number of halogens is 1. The lowest BCUT2D eigenvalue weighted by atomic mass is 10.1. The van der Waals surface area contributed by atoms with E-state index in [1.807, 2.05) is 11.3 Å². The van der Waals surface area contributed by atoms with E-state index in [9.17, 15) is 0 Å². The molecule has 0 radical (unpaired) electrons. The first-order chi connectivity index (χ1) is 9.19. The molecule has 0 saturated carbocycles. The fourth-order valence-electron chi connectivity index (χ4n) is 1.97. The van der Waals surface area contributed by atoms with Gasteiger partial charge in [-0.25, -0.2) is 4.98 Å². The number of thiophene rings is 1. The van der Waals surface area contributed by atoms with Crippen LogP contribution in [0.15, 0.2) is 21.3 Å². The fraction of sp³-hybridized carbons (Fsp3) is 0.500. The van der Waals surface area contributed by atoms with Gasteiger partial charge in [-0.15, -0.1) is 22.7 Å². The molecule has 0 fully saturated rings. The normalized spacial score (nSPS) is 12.8. The largest absolute Gasteiger partial charge is 0.313 e. The summed E-state index contributed by atoms with van der Waals surface area (Å²) in [6.45, 7) is 5.33. The Bertz CT molecular complexity index is 507. The van der Waals surface area contributed by atoms with Gasteiger partial charge in [-0.05, 0) is 53.7 Å². The average molecular weight is 359 g/mol. The molecule has 0 amide bonds. The van der Waals surface area contributed by atoms with Crippen molar-refractivity contribution in [3.63, 3.8) is 0 Å². The number of aryl methyl sites for hydroxylation is 1. The quantitative estimate of drug-likeness (QED) is 0.791. The summed E-state index contributed by atoms with van der Waals surface area (Å²) in [7, 11) is 0. The molecule has 5 heteroatoms. The SMILES string of the molecule is CCCNC(Cc1nc(C)cs1)Cc1sccc1Br. The van der Waals surface area contributed by atoms with Crippen LogP contribution in [-0.4, -0.2) is 17.6 Å². The molecule has 0 aliphatic heterocycles. The minimum atomic E-state index is 0.473. The van der Waals surface area contributed by atoms with Crippen LogP contribution in [0.25, 0.3) is 0 Å². The van der Waals surface area contributed by atoms with E-state index >= 15 is 0 Å². The lowest BCUT2D eigenvalue weighted by Gasteiger charge is -2.17. The van der Waals surface area contributed by atoms with Crippen molar-refractivity contribution in [2.75, 3.05) is 6.54 Å². The summed E-state index contributed by atoms with van der Waals surface area (Å²) in [5, 5.41) is 9.16. The number of hydrogen-bond acceptors (Lipinski definition) is 4. The van der Waals surface area contributed by atoms with Gasteiger partial charge < -0.3 is 5.32 Å². The van der Waals surface area contributed by atoms with Crippen molar-refractivity contribution in [3.05, 3.63) is 36.9 Å². The number of hydrogen-bond donors (Lipinski definition) is 1. The molecule has 19 heavy (non-hydrogen) atoms. The second-order valence-corrected chi connectivity index (χ2v) is 7.43. The van der Waals surface area contributed by atoms with Gasteiger partial charge in [0, 0.05) is 32.9 Å². The van der Waals surface area contributed by atoms with Crippen LogP contribution in [0.5, 0.6) is 0 Å². The third kappa shape index (κ3) is 4.67. The lowest BCUT2D eigenvalue weighted by molar-refractivity contribution is 0.506. The van der Waals surface area contributed by atoms with E-state index < -0.39 is 0 Å². The first-order valence-electron chi connectivity index (χ1n) is 6.55. The predicted octanol–water partition coefficient (Wildman–Crippen LogP) is 4.43. The highest BCUT2D eigenvalue weighted by Crippen LogP contribution is 2.25. The van der Waals surface area contributed by atoms with E-state index in [2.05, 4.69) is 56.9 Å². The standard InChI is InChI=1S/C14H19BrN2S2/c1-3-5-16-11(7-13-12(15)4-6-18-13)8-14-17-10(2)9-19-14/h4,6,9,11,16H,3,5,7-8H2,1-2H3. The molecule has 2 aromatic rings. The third-order valence-electron chi connectivity index (χ3n) is 2.89. The number of thiazole rings is 1. The Hall–Kier alpha value is -0.230. The number of nitrogens with zero attached hydrogens (tertiary/aromatic N) is 1. The summed E-state index contributed by atoms with van der Waals surface area (Å²) in [5.41, 5.74) is 1.13. The molecule has 0 bridgehead atoms. The Morgan fingerprint density at radius 2 is 2.21 bits per heavy atom. The van der Waals surface area contributed by atoms with Crippen LogP contribution in [0.3, 0.4) is 0 Å². The highest BCUT2D eigenvalue weighted by Gasteiger charge is 2.14. The van der Waals surface area contributed by atoms with Gasteiger partial charge in [-0.1, -0.05) is 6.92 Å². The van der Waals surface area contributed by atoms with Crippen LogP contribution in [-0.2, 0) is 12.8 Å². The molecule has 0 aliphatic rings. The van der Waals surface area contributed by atoms with Gasteiger partial charge in [0.15, 0.2) is 0 Å². The van der Waals surface area contributed by atoms with E-state index in [1.165, 1.54) is 20.8 Å². The van der Waals surface area contributed by atoms with Gasteiger partial charge in [-0.2, -0.15) is 0 Å². The monoisotopic (exact) mass is 358 g/mol. The maximum absolute atomic E-state index is 4.58. The zero-order valence-electron chi connectivity index (χ0n) is 11.3. The van der Waals surface area contributed by atoms with Crippen LogP contribution < -0.4 is 5.32 Å². The Labute approximate surface area is 131 Å². The molecule has 2 nitrogen and oxygen atoms in total. The van der Waals surface area contributed by atoms with Gasteiger partial charge in [0.25, 0.3) is 0 Å². The van der Waals surface area contributed by atoms with Crippen molar-refractivity contribution >= 4 is 38.6 Å². The number of rotatable bonds is 7. The zero-order valence-corrected chi connectivity index (χ0v) is 14.5. The first-order valence-corrected chi connectivity index (χ1v) is 9.10. The third-order valence-corrected chi connectivity index (χ3v) is 5.83. The molecule has 0 spiro atoms. The summed E-state index contributed by atoms with van der Waals surface area (Å²) in [6.07, 6.45) is 3.25. The van der Waals surface area contributed by atoms with Crippen molar-refractivity contribution in [2.24, 2.45) is 0 Å². The Kier molecular flexibility index (Phi) is 6.01. The summed E-state index contributed by atoms with van der Waals surface area (Å²) in [5.74, 6) is 0. The fourth-order valence-corrected chi connectivity index (χ4v) is 4.42. The maximum Gasteiger partial charge on any atom is 0.0943 e. The molecule has 2 heterocycles. The highest BCUT2D eigenvalue weighted by atomic mass is 79.9. The van der Waals surface area contributed by atoms with Gasteiger partial charge in [0.2, 0.25) is 0 Å². The van der Waals surface area contributed by atoms with Crippen LogP contribution in [0.4, 0.5) is 0 Å². The minimum Gasteiger partial charge on any atom is -0.313 e. The molecule has 0 saturated heterocycles. The van der Waals surface area contributed by atoms with Crippen LogP contribution in [0, 0.1) is 6.92 Å². The molecular weight excluding hydrogens is 340 g/mol. The van der Waals surface area contributed by atoms with Crippen molar-refractivity contribution in [3.8, 4) is 0 Å². The average Bonchev–Trinajstić information content (AvgIpc) is 2.96. The summed E-state index contributed by atoms with van der Waals surface area (Å²) in [6, 6.07) is 2.60. The zero-order chi connectivity index (χ0) is 13.7. The van der Waals surface area contributed by atoms with Crippen molar-refractivity contribution < 1.29 is 0 Å². The molecule has 1 atom stereocenters. The topological polar surface area (TPSA) is 24.9 Å². The molecule has 1 N–H and O–H groups in total. The van der Waals surface area contributed by atoms with Crippen molar-refractivity contribution in [1.82, 2.24) is 10.3 Å². The second-order valence-electron chi connectivity index (χ2n) is 4.63. The maximum atomic E-state index is 4.58. The molecule has 0 aliphatic carbocycles. The van der Waals surface area contributed by atoms with Gasteiger partial charge in [0.05, 0.1) is 5.01 Å². The Morgan fingerprint density at radius 1 is 1.37 bits per heavy atom. The van der Waals surface area contributed by atoms with Crippen molar-refractivity contribution in [1.29, 1.82) is 0 Å². The van der Waals surface area contributed by atoms with E-state index in [1.54, 1.807) is 11.3 Å². The molecule has 2 aromatic heterocycles. The van der Waals surface area contributed by atoms with Crippen LogP contribution >= 0.6 is 38.6 Å². The van der Waals surface area contributed by atoms with Crippen molar-refractivity contribution in [2.45, 2.75) is 39.2 Å². The molecule has 2 rings (SSSR count). The molecule has 104 valence electrons. The van der Waals surface area contributed by atoms with Crippen LogP contribution in [0.1, 0.15) is 28.9 Å². The Morgan fingerprint density at radius 3 is 2.79 bits per heavy atom. The van der Waals surface area contributed by atoms with E-state index in [0.717, 1.165) is 25.1 Å². The molecule has 1 unspecified atom stereocenters. The Balaban J connectivity index is 2.01. The highest BCUT2D eigenvalue weighted by molar-refractivity contribution is 9.10. The summed E-state index contributed by atoms with van der Waals surface area (Å²) < 4.78 is 1.23. The smallest absolute Gasteiger partial charge is 0.0943 e. The lowest BCUT2D eigenvalue weighted by Crippen LogP contribution is -2.33.